The highest BCUT2D eigenvalue weighted by Gasteiger charge is 2.32. The van der Waals surface area contributed by atoms with Gasteiger partial charge in [-0.3, -0.25) is 28.8 Å². The van der Waals surface area contributed by atoms with Crippen molar-refractivity contribution >= 4 is 41.4 Å². The number of hydrogen-bond acceptors (Lipinski definition) is 9. The molecule has 0 spiro atoms. The Bertz CT molecular complexity index is 1050. The van der Waals surface area contributed by atoms with Gasteiger partial charge in [-0.25, -0.2) is 4.79 Å². The van der Waals surface area contributed by atoms with E-state index in [1.54, 1.807) is 0 Å². The molecule has 0 bridgehead atoms. The third kappa shape index (κ3) is 11.0. The highest BCUT2D eigenvalue weighted by molar-refractivity contribution is 5.97. The molecule has 1 aromatic carbocycles. The molecular weight excluding hydrogens is 494 g/mol. The van der Waals surface area contributed by atoms with Crippen LogP contribution in [0.3, 0.4) is 0 Å². The molecule has 0 saturated carbocycles. The van der Waals surface area contributed by atoms with E-state index in [1.807, 2.05) is 0 Å². The number of hydrogen-bond donors (Lipinski definition) is 9. The summed E-state index contributed by atoms with van der Waals surface area (Å²) in [7, 11) is 0. The Morgan fingerprint density at radius 2 is 1.11 bits per heavy atom. The number of nitrogens with two attached hydrogens (primary N) is 4. The zero-order valence-corrected chi connectivity index (χ0v) is 19.5. The molecule has 1 aromatic rings. The van der Waals surface area contributed by atoms with E-state index in [-0.39, 0.29) is 12.2 Å². The maximum Gasteiger partial charge on any atom is 0.326 e. The molecule has 0 heterocycles. The SMILES string of the molecule is NC(=O)CC(N)C(=O)NC(CC(N)=O)C(=O)NC(Cc1ccc(O)cc1)C(=O)NC(CC(N)=O)C(=O)O. The van der Waals surface area contributed by atoms with Gasteiger partial charge in [-0.15, -0.1) is 0 Å². The fourth-order valence-electron chi connectivity index (χ4n) is 3.02. The number of aromatic hydroxyl groups is 1. The quantitative estimate of drug-likeness (QED) is 0.106. The molecule has 0 aliphatic rings. The van der Waals surface area contributed by atoms with Crippen LogP contribution in [0, 0.1) is 0 Å². The molecule has 1 rings (SSSR count). The topological polar surface area (TPSA) is 300 Å². The van der Waals surface area contributed by atoms with Crippen LogP contribution in [0.1, 0.15) is 24.8 Å². The Kier molecular flexibility index (Phi) is 11.4. The maximum absolute atomic E-state index is 12.9. The largest absolute Gasteiger partial charge is 0.508 e. The highest BCUT2D eigenvalue weighted by Crippen LogP contribution is 2.12. The monoisotopic (exact) mass is 523 g/mol. The second-order valence-corrected chi connectivity index (χ2v) is 8.01. The first-order valence-electron chi connectivity index (χ1n) is 10.7. The summed E-state index contributed by atoms with van der Waals surface area (Å²) in [4.78, 5) is 83.2. The number of primary amides is 3. The molecule has 202 valence electrons. The number of carboxylic acids is 1. The van der Waals surface area contributed by atoms with Crippen LogP contribution in [-0.2, 0) is 40.0 Å². The minimum absolute atomic E-state index is 0.0854. The number of carbonyl (C=O) groups excluding carboxylic acids is 6. The van der Waals surface area contributed by atoms with Crippen molar-refractivity contribution in [3.63, 3.8) is 0 Å². The summed E-state index contributed by atoms with van der Waals surface area (Å²) in [5, 5.41) is 25.3. The predicted octanol–water partition coefficient (Wildman–Crippen LogP) is -4.57. The van der Waals surface area contributed by atoms with Gasteiger partial charge >= 0.3 is 5.97 Å². The molecule has 4 atom stereocenters. The molecule has 6 amide bonds. The average Bonchev–Trinajstić information content (AvgIpc) is 2.77. The van der Waals surface area contributed by atoms with Crippen LogP contribution in [0.5, 0.6) is 5.75 Å². The molecule has 0 aliphatic heterocycles. The van der Waals surface area contributed by atoms with Gasteiger partial charge in [0.25, 0.3) is 0 Å². The molecule has 16 heteroatoms. The first kappa shape index (κ1) is 30.3. The number of carboxylic acid groups (broad SMARTS) is 1. The van der Waals surface area contributed by atoms with E-state index >= 15 is 0 Å². The van der Waals surface area contributed by atoms with E-state index in [9.17, 15) is 43.8 Å². The smallest absolute Gasteiger partial charge is 0.326 e. The van der Waals surface area contributed by atoms with E-state index in [4.69, 9.17) is 22.9 Å². The predicted molar refractivity (Wildman–Crippen MR) is 125 cm³/mol. The molecule has 16 nitrogen and oxygen atoms in total. The van der Waals surface area contributed by atoms with Crippen molar-refractivity contribution in [1.29, 1.82) is 0 Å². The van der Waals surface area contributed by atoms with Crippen molar-refractivity contribution in [2.24, 2.45) is 22.9 Å². The lowest BCUT2D eigenvalue weighted by Gasteiger charge is -2.24. The number of nitrogens with one attached hydrogen (secondary N) is 3. The average molecular weight is 524 g/mol. The van der Waals surface area contributed by atoms with Crippen LogP contribution < -0.4 is 38.9 Å². The number of aliphatic carboxylic acids is 1. The summed E-state index contributed by atoms with van der Waals surface area (Å²) < 4.78 is 0. The molecular formula is C21H29N7O9. The van der Waals surface area contributed by atoms with Gasteiger partial charge in [0.1, 0.15) is 23.9 Å². The van der Waals surface area contributed by atoms with Crippen molar-refractivity contribution < 1.29 is 43.8 Å². The van der Waals surface area contributed by atoms with Crippen LogP contribution in [0.15, 0.2) is 24.3 Å². The molecule has 0 aromatic heterocycles. The minimum Gasteiger partial charge on any atom is -0.508 e. The number of amides is 6. The van der Waals surface area contributed by atoms with E-state index in [0.717, 1.165) is 0 Å². The number of rotatable bonds is 15. The normalized spacial score (nSPS) is 13.8. The van der Waals surface area contributed by atoms with Crippen molar-refractivity contribution in [2.45, 2.75) is 49.9 Å². The van der Waals surface area contributed by atoms with Crippen LogP contribution in [-0.4, -0.2) is 75.8 Å². The lowest BCUT2D eigenvalue weighted by molar-refractivity contribution is -0.143. The van der Waals surface area contributed by atoms with Crippen molar-refractivity contribution in [2.75, 3.05) is 0 Å². The second kappa shape index (κ2) is 14.0. The van der Waals surface area contributed by atoms with Gasteiger partial charge in [0, 0.05) is 6.42 Å². The van der Waals surface area contributed by atoms with Gasteiger partial charge in [-0.2, -0.15) is 0 Å². The lowest BCUT2D eigenvalue weighted by atomic mass is 10.0. The summed E-state index contributed by atoms with van der Waals surface area (Å²) in [5.74, 6) is -7.68. The Balaban J connectivity index is 3.18. The van der Waals surface area contributed by atoms with Crippen molar-refractivity contribution in [3.05, 3.63) is 29.8 Å². The van der Waals surface area contributed by atoms with Gasteiger partial charge in [-0.05, 0) is 17.7 Å². The van der Waals surface area contributed by atoms with Gasteiger partial charge in [0.2, 0.25) is 35.4 Å². The molecule has 0 saturated heterocycles. The second-order valence-electron chi connectivity index (χ2n) is 8.01. The summed E-state index contributed by atoms with van der Waals surface area (Å²) in [6.45, 7) is 0. The molecule has 0 fully saturated rings. The molecule has 4 unspecified atom stereocenters. The first-order valence-corrected chi connectivity index (χ1v) is 10.7. The Morgan fingerprint density at radius 1 is 0.676 bits per heavy atom. The number of benzene rings is 1. The molecule has 37 heavy (non-hydrogen) atoms. The van der Waals surface area contributed by atoms with Crippen LogP contribution >= 0.6 is 0 Å². The zero-order valence-electron chi connectivity index (χ0n) is 19.5. The first-order chi connectivity index (χ1) is 17.2. The molecule has 0 radical (unpaired) electrons. The molecule has 13 N–H and O–H groups in total. The Morgan fingerprint density at radius 3 is 1.59 bits per heavy atom. The van der Waals surface area contributed by atoms with E-state index in [1.165, 1.54) is 24.3 Å². The number of phenols is 1. The summed E-state index contributed by atoms with van der Waals surface area (Å²) in [6, 6.07) is -0.820. The van der Waals surface area contributed by atoms with Crippen molar-refractivity contribution in [3.8, 4) is 5.75 Å². The van der Waals surface area contributed by atoms with Crippen molar-refractivity contribution in [1.82, 2.24) is 16.0 Å². The van der Waals surface area contributed by atoms with Gasteiger partial charge < -0.3 is 49.1 Å². The van der Waals surface area contributed by atoms with Crippen LogP contribution in [0.2, 0.25) is 0 Å². The Hall–Kier alpha value is -4.73. The Labute approximate surface area is 210 Å². The van der Waals surface area contributed by atoms with E-state index < -0.39 is 84.8 Å². The van der Waals surface area contributed by atoms with Gasteiger partial charge in [0.05, 0.1) is 25.3 Å². The molecule has 0 aliphatic carbocycles. The number of carbonyl (C=O) groups is 7. The maximum atomic E-state index is 12.9. The van der Waals surface area contributed by atoms with E-state index in [0.29, 0.717) is 5.56 Å². The summed E-state index contributed by atoms with van der Waals surface area (Å²) in [6.07, 6.45) is -2.24. The minimum atomic E-state index is -1.71. The third-order valence-corrected chi connectivity index (χ3v) is 4.83. The van der Waals surface area contributed by atoms with Crippen LogP contribution in [0.25, 0.3) is 0 Å². The van der Waals surface area contributed by atoms with E-state index in [2.05, 4.69) is 16.0 Å². The fraction of sp³-hybridized carbons (Fsp3) is 0.381. The van der Waals surface area contributed by atoms with Crippen LogP contribution in [0.4, 0.5) is 0 Å². The summed E-state index contributed by atoms with van der Waals surface area (Å²) >= 11 is 0. The van der Waals surface area contributed by atoms with Gasteiger partial charge in [0.15, 0.2) is 0 Å². The standard InChI is InChI=1S/C21H29N7O9/c22-11(6-15(23)30)18(33)26-13(7-16(24)31)20(35)27-12(5-9-1-3-10(29)4-2-9)19(34)28-14(21(36)37)8-17(25)32/h1-4,11-14,29H,5-8,22H2,(H2,23,30)(H2,24,31)(H2,25,32)(H,26,33)(H,27,35)(H,28,34)(H,36,37). The summed E-state index contributed by atoms with van der Waals surface area (Å²) in [5.41, 5.74) is 21.1. The van der Waals surface area contributed by atoms with Gasteiger partial charge in [-0.1, -0.05) is 12.1 Å². The number of phenolic OH excluding ortho intramolecular Hbond substituents is 1. The third-order valence-electron chi connectivity index (χ3n) is 4.83. The lowest BCUT2D eigenvalue weighted by Crippen LogP contribution is -2.58. The zero-order chi connectivity index (χ0) is 28.3. The highest BCUT2D eigenvalue weighted by atomic mass is 16.4. The fourth-order valence-corrected chi connectivity index (χ4v) is 3.02.